The van der Waals surface area contributed by atoms with Gasteiger partial charge in [-0.15, -0.1) is 0 Å². The third kappa shape index (κ3) is 2.46. The Labute approximate surface area is 69.8 Å². The molecule has 1 aliphatic rings. The van der Waals surface area contributed by atoms with Gasteiger partial charge in [0.2, 0.25) is 0 Å². The summed E-state index contributed by atoms with van der Waals surface area (Å²) in [6.45, 7) is 3.45. The molecule has 2 heteroatoms. The van der Waals surface area contributed by atoms with Crippen LogP contribution < -0.4 is 5.73 Å². The second-order valence-electron chi connectivity index (χ2n) is 3.71. The van der Waals surface area contributed by atoms with E-state index in [1.807, 2.05) is 0 Å². The van der Waals surface area contributed by atoms with E-state index in [1.54, 1.807) is 0 Å². The molecule has 0 aromatic carbocycles. The van der Waals surface area contributed by atoms with Gasteiger partial charge in [-0.25, -0.2) is 0 Å². The molecule has 0 radical (unpaired) electrons. The van der Waals surface area contributed by atoms with Gasteiger partial charge in [-0.1, -0.05) is 6.92 Å². The molecule has 0 aromatic rings. The molecule has 1 aliphatic carbocycles. The quantitative estimate of drug-likeness (QED) is 0.665. The standard InChI is InChI=1S/C9H20N2/c1-3-6-11(2)9-5-4-8(10)7-9/h8-9H,3-7,10H2,1-2H3. The molecule has 0 saturated heterocycles. The predicted octanol–water partition coefficient (Wildman–Crippen LogP) is 1.21. The highest BCUT2D eigenvalue weighted by molar-refractivity contribution is 4.83. The Morgan fingerprint density at radius 3 is 2.64 bits per heavy atom. The van der Waals surface area contributed by atoms with Crippen LogP contribution in [0.5, 0.6) is 0 Å². The summed E-state index contributed by atoms with van der Waals surface area (Å²) < 4.78 is 0. The molecule has 2 nitrogen and oxygen atoms in total. The normalized spacial score (nSPS) is 31.6. The summed E-state index contributed by atoms with van der Waals surface area (Å²) in [6, 6.07) is 1.24. The van der Waals surface area contributed by atoms with Crippen molar-refractivity contribution in [1.82, 2.24) is 4.90 Å². The first kappa shape index (κ1) is 9.01. The Bertz CT molecular complexity index is 114. The van der Waals surface area contributed by atoms with E-state index in [-0.39, 0.29) is 0 Å². The maximum atomic E-state index is 5.83. The topological polar surface area (TPSA) is 29.3 Å². The Kier molecular flexibility index (Phi) is 3.34. The molecule has 0 aliphatic heterocycles. The van der Waals surface area contributed by atoms with E-state index in [9.17, 15) is 0 Å². The molecule has 0 spiro atoms. The highest BCUT2D eigenvalue weighted by Crippen LogP contribution is 2.21. The van der Waals surface area contributed by atoms with Crippen LogP contribution in [0, 0.1) is 0 Å². The van der Waals surface area contributed by atoms with Crippen LogP contribution in [-0.2, 0) is 0 Å². The van der Waals surface area contributed by atoms with Crippen molar-refractivity contribution in [3.05, 3.63) is 0 Å². The molecular formula is C9H20N2. The van der Waals surface area contributed by atoms with Gasteiger partial charge in [0.25, 0.3) is 0 Å². The highest BCUT2D eigenvalue weighted by atomic mass is 15.1. The summed E-state index contributed by atoms with van der Waals surface area (Å²) in [7, 11) is 2.21. The van der Waals surface area contributed by atoms with Crippen molar-refractivity contribution < 1.29 is 0 Å². The Morgan fingerprint density at radius 1 is 1.45 bits per heavy atom. The molecule has 0 heterocycles. The van der Waals surface area contributed by atoms with Gasteiger partial charge >= 0.3 is 0 Å². The van der Waals surface area contributed by atoms with Crippen LogP contribution in [0.3, 0.4) is 0 Å². The second-order valence-corrected chi connectivity index (χ2v) is 3.71. The summed E-state index contributed by atoms with van der Waals surface area (Å²) >= 11 is 0. The fourth-order valence-electron chi connectivity index (χ4n) is 1.93. The summed E-state index contributed by atoms with van der Waals surface area (Å²) in [5.74, 6) is 0. The number of rotatable bonds is 3. The summed E-state index contributed by atoms with van der Waals surface area (Å²) in [5, 5.41) is 0. The van der Waals surface area contributed by atoms with Crippen LogP contribution >= 0.6 is 0 Å². The van der Waals surface area contributed by atoms with E-state index in [1.165, 1.54) is 32.2 Å². The van der Waals surface area contributed by atoms with E-state index >= 15 is 0 Å². The van der Waals surface area contributed by atoms with Gasteiger partial charge in [-0.2, -0.15) is 0 Å². The number of hydrogen-bond acceptors (Lipinski definition) is 2. The molecule has 1 rings (SSSR count). The van der Waals surface area contributed by atoms with E-state index in [0.717, 1.165) is 6.04 Å². The largest absolute Gasteiger partial charge is 0.328 e. The average Bonchev–Trinajstić information content (AvgIpc) is 2.36. The maximum absolute atomic E-state index is 5.83. The third-order valence-electron chi connectivity index (χ3n) is 2.65. The van der Waals surface area contributed by atoms with Crippen LogP contribution in [0.15, 0.2) is 0 Å². The molecule has 11 heavy (non-hydrogen) atoms. The minimum Gasteiger partial charge on any atom is -0.328 e. The molecule has 0 amide bonds. The zero-order valence-corrected chi connectivity index (χ0v) is 7.71. The second kappa shape index (κ2) is 4.07. The van der Waals surface area contributed by atoms with Gasteiger partial charge in [-0.3, -0.25) is 0 Å². The fraction of sp³-hybridized carbons (Fsp3) is 1.00. The molecule has 1 fully saturated rings. The number of nitrogens with zero attached hydrogens (tertiary/aromatic N) is 1. The van der Waals surface area contributed by atoms with Crippen molar-refractivity contribution in [2.24, 2.45) is 5.73 Å². The molecular weight excluding hydrogens is 136 g/mol. The van der Waals surface area contributed by atoms with Gasteiger partial charge in [-0.05, 0) is 39.3 Å². The van der Waals surface area contributed by atoms with Crippen molar-refractivity contribution in [2.75, 3.05) is 13.6 Å². The van der Waals surface area contributed by atoms with Crippen LogP contribution in [0.1, 0.15) is 32.6 Å². The minimum atomic E-state index is 0.472. The molecule has 2 unspecified atom stereocenters. The van der Waals surface area contributed by atoms with Gasteiger partial charge in [0.1, 0.15) is 0 Å². The Hall–Kier alpha value is -0.0800. The summed E-state index contributed by atoms with van der Waals surface area (Å²) in [5.41, 5.74) is 5.83. The summed E-state index contributed by atoms with van der Waals surface area (Å²) in [6.07, 6.45) is 4.98. The van der Waals surface area contributed by atoms with Crippen molar-refractivity contribution in [1.29, 1.82) is 0 Å². The molecule has 0 bridgehead atoms. The van der Waals surface area contributed by atoms with Crippen molar-refractivity contribution in [2.45, 2.75) is 44.7 Å². The minimum absolute atomic E-state index is 0.472. The number of nitrogens with two attached hydrogens (primary N) is 1. The maximum Gasteiger partial charge on any atom is 0.0107 e. The van der Waals surface area contributed by atoms with E-state index in [2.05, 4.69) is 18.9 Å². The number of hydrogen-bond donors (Lipinski definition) is 1. The predicted molar refractivity (Wildman–Crippen MR) is 48.5 cm³/mol. The zero-order chi connectivity index (χ0) is 8.27. The lowest BCUT2D eigenvalue weighted by Gasteiger charge is -2.23. The van der Waals surface area contributed by atoms with E-state index in [4.69, 9.17) is 5.73 Å². The lowest BCUT2D eigenvalue weighted by Crippen LogP contribution is -2.31. The molecule has 0 aromatic heterocycles. The molecule has 1 saturated carbocycles. The van der Waals surface area contributed by atoms with Crippen molar-refractivity contribution in [3.8, 4) is 0 Å². The smallest absolute Gasteiger partial charge is 0.0107 e. The first-order valence-electron chi connectivity index (χ1n) is 4.70. The van der Waals surface area contributed by atoms with Gasteiger partial charge in [0.15, 0.2) is 0 Å². The molecule has 2 atom stereocenters. The zero-order valence-electron chi connectivity index (χ0n) is 7.71. The van der Waals surface area contributed by atoms with Gasteiger partial charge in [0, 0.05) is 12.1 Å². The first-order chi connectivity index (χ1) is 5.24. The van der Waals surface area contributed by atoms with Crippen LogP contribution in [0.4, 0.5) is 0 Å². The molecule has 66 valence electrons. The van der Waals surface area contributed by atoms with Crippen molar-refractivity contribution >= 4 is 0 Å². The molecule has 2 N–H and O–H groups in total. The van der Waals surface area contributed by atoms with Crippen LogP contribution in [0.2, 0.25) is 0 Å². The van der Waals surface area contributed by atoms with Crippen LogP contribution in [-0.4, -0.2) is 30.6 Å². The van der Waals surface area contributed by atoms with Crippen molar-refractivity contribution in [3.63, 3.8) is 0 Å². The van der Waals surface area contributed by atoms with Gasteiger partial charge < -0.3 is 10.6 Å². The summed E-state index contributed by atoms with van der Waals surface area (Å²) in [4.78, 5) is 2.45. The van der Waals surface area contributed by atoms with Crippen LogP contribution in [0.25, 0.3) is 0 Å². The first-order valence-corrected chi connectivity index (χ1v) is 4.70. The average molecular weight is 156 g/mol. The fourth-order valence-corrected chi connectivity index (χ4v) is 1.93. The Morgan fingerprint density at radius 2 is 2.18 bits per heavy atom. The van der Waals surface area contributed by atoms with Gasteiger partial charge in [0.05, 0.1) is 0 Å². The van der Waals surface area contributed by atoms with E-state index < -0.39 is 0 Å². The third-order valence-corrected chi connectivity index (χ3v) is 2.65. The monoisotopic (exact) mass is 156 g/mol. The SMILES string of the molecule is CCCN(C)C1CCC(N)C1. The Balaban J connectivity index is 2.25. The highest BCUT2D eigenvalue weighted by Gasteiger charge is 2.24. The lowest BCUT2D eigenvalue weighted by molar-refractivity contribution is 0.244. The lowest BCUT2D eigenvalue weighted by atomic mass is 10.2. The van der Waals surface area contributed by atoms with E-state index in [0.29, 0.717) is 6.04 Å².